The van der Waals surface area contributed by atoms with Gasteiger partial charge in [-0.25, -0.2) is 4.79 Å². The van der Waals surface area contributed by atoms with Crippen LogP contribution in [-0.4, -0.2) is 13.1 Å². The SMILES string of the molecule is COc1ccc(COC(=O)c2cc(N)ccc2Cl)cc1. The summed E-state index contributed by atoms with van der Waals surface area (Å²) in [4.78, 5) is 11.9. The van der Waals surface area contributed by atoms with Crippen molar-refractivity contribution in [1.82, 2.24) is 0 Å². The van der Waals surface area contributed by atoms with Crippen molar-refractivity contribution in [3.8, 4) is 5.75 Å². The van der Waals surface area contributed by atoms with Crippen molar-refractivity contribution in [2.24, 2.45) is 0 Å². The standard InChI is InChI=1S/C15H14ClNO3/c1-19-12-5-2-10(3-6-12)9-20-15(18)13-8-11(17)4-7-14(13)16/h2-8H,9,17H2,1H3. The van der Waals surface area contributed by atoms with E-state index in [0.29, 0.717) is 10.7 Å². The highest BCUT2D eigenvalue weighted by molar-refractivity contribution is 6.33. The first kappa shape index (κ1) is 14.2. The summed E-state index contributed by atoms with van der Waals surface area (Å²) in [5.41, 5.74) is 7.21. The Morgan fingerprint density at radius 1 is 1.20 bits per heavy atom. The average molecular weight is 292 g/mol. The van der Waals surface area contributed by atoms with Crippen LogP contribution in [-0.2, 0) is 11.3 Å². The van der Waals surface area contributed by atoms with E-state index in [1.165, 1.54) is 6.07 Å². The zero-order valence-corrected chi connectivity index (χ0v) is 11.7. The van der Waals surface area contributed by atoms with Gasteiger partial charge in [-0.05, 0) is 35.9 Å². The van der Waals surface area contributed by atoms with Crippen LogP contribution in [0.25, 0.3) is 0 Å². The molecule has 0 radical (unpaired) electrons. The van der Waals surface area contributed by atoms with Gasteiger partial charge in [-0.15, -0.1) is 0 Å². The van der Waals surface area contributed by atoms with Crippen LogP contribution in [0, 0.1) is 0 Å². The number of methoxy groups -OCH3 is 1. The molecule has 0 amide bonds. The molecule has 0 atom stereocenters. The van der Waals surface area contributed by atoms with Crippen molar-refractivity contribution >= 4 is 23.3 Å². The predicted molar refractivity (Wildman–Crippen MR) is 78.0 cm³/mol. The van der Waals surface area contributed by atoms with E-state index in [1.807, 2.05) is 12.1 Å². The molecule has 0 saturated heterocycles. The van der Waals surface area contributed by atoms with Crippen molar-refractivity contribution in [2.45, 2.75) is 6.61 Å². The van der Waals surface area contributed by atoms with Crippen LogP contribution in [0.4, 0.5) is 5.69 Å². The Morgan fingerprint density at radius 3 is 2.55 bits per heavy atom. The minimum Gasteiger partial charge on any atom is -0.497 e. The molecule has 2 N–H and O–H groups in total. The molecule has 2 rings (SSSR count). The molecule has 104 valence electrons. The Kier molecular flexibility index (Phi) is 4.48. The largest absolute Gasteiger partial charge is 0.497 e. The lowest BCUT2D eigenvalue weighted by Crippen LogP contribution is -2.06. The lowest BCUT2D eigenvalue weighted by molar-refractivity contribution is 0.0473. The third-order valence-corrected chi connectivity index (χ3v) is 3.07. The van der Waals surface area contributed by atoms with E-state index in [2.05, 4.69) is 0 Å². The van der Waals surface area contributed by atoms with Crippen LogP contribution in [0.2, 0.25) is 5.02 Å². The third kappa shape index (κ3) is 3.42. The van der Waals surface area contributed by atoms with Crippen molar-refractivity contribution in [3.63, 3.8) is 0 Å². The molecule has 0 aliphatic carbocycles. The first-order valence-electron chi connectivity index (χ1n) is 5.95. The van der Waals surface area contributed by atoms with Crippen LogP contribution in [0.1, 0.15) is 15.9 Å². The van der Waals surface area contributed by atoms with Gasteiger partial charge < -0.3 is 15.2 Å². The Morgan fingerprint density at radius 2 is 1.90 bits per heavy atom. The van der Waals surface area contributed by atoms with Gasteiger partial charge in [-0.2, -0.15) is 0 Å². The molecule has 2 aromatic carbocycles. The number of carbonyl (C=O) groups is 1. The lowest BCUT2D eigenvalue weighted by Gasteiger charge is -2.07. The summed E-state index contributed by atoms with van der Waals surface area (Å²) in [6.07, 6.45) is 0. The minimum atomic E-state index is -0.502. The number of halogens is 1. The summed E-state index contributed by atoms with van der Waals surface area (Å²) in [5, 5.41) is 0.318. The van der Waals surface area contributed by atoms with E-state index in [9.17, 15) is 4.79 Å². The molecule has 0 aromatic heterocycles. The zero-order chi connectivity index (χ0) is 14.5. The number of rotatable bonds is 4. The Labute approximate surface area is 122 Å². The van der Waals surface area contributed by atoms with E-state index in [0.717, 1.165) is 11.3 Å². The minimum absolute atomic E-state index is 0.161. The summed E-state index contributed by atoms with van der Waals surface area (Å²) in [6, 6.07) is 12.0. The highest BCUT2D eigenvalue weighted by Gasteiger charge is 2.12. The van der Waals surface area contributed by atoms with Gasteiger partial charge in [0, 0.05) is 5.69 Å². The van der Waals surface area contributed by atoms with Crippen molar-refractivity contribution in [2.75, 3.05) is 12.8 Å². The summed E-state index contributed by atoms with van der Waals surface area (Å²) >= 11 is 5.94. The van der Waals surface area contributed by atoms with E-state index < -0.39 is 5.97 Å². The molecule has 0 bridgehead atoms. The van der Waals surface area contributed by atoms with Crippen molar-refractivity contribution in [1.29, 1.82) is 0 Å². The number of esters is 1. The molecule has 4 nitrogen and oxygen atoms in total. The molecule has 0 aliphatic rings. The predicted octanol–water partition coefficient (Wildman–Crippen LogP) is 3.29. The van der Waals surface area contributed by atoms with Crippen molar-refractivity contribution < 1.29 is 14.3 Å². The molecule has 0 heterocycles. The fraction of sp³-hybridized carbons (Fsp3) is 0.133. The van der Waals surface area contributed by atoms with Crippen LogP contribution < -0.4 is 10.5 Å². The molecule has 0 fully saturated rings. The van der Waals surface area contributed by atoms with E-state index in [-0.39, 0.29) is 12.2 Å². The van der Waals surface area contributed by atoms with Gasteiger partial charge in [0.05, 0.1) is 17.7 Å². The molecule has 5 heteroatoms. The summed E-state index contributed by atoms with van der Waals surface area (Å²) in [6.45, 7) is 0.161. The second-order valence-electron chi connectivity index (χ2n) is 4.16. The van der Waals surface area contributed by atoms with E-state index >= 15 is 0 Å². The molecule has 2 aromatic rings. The molecule has 0 unspecified atom stereocenters. The number of carbonyl (C=O) groups excluding carboxylic acids is 1. The van der Waals surface area contributed by atoms with Gasteiger partial charge in [0.15, 0.2) is 0 Å². The number of anilines is 1. The zero-order valence-electron chi connectivity index (χ0n) is 10.9. The number of benzene rings is 2. The molecular formula is C15H14ClNO3. The maximum atomic E-state index is 11.9. The first-order chi connectivity index (χ1) is 9.60. The van der Waals surface area contributed by atoms with Gasteiger partial charge >= 0.3 is 5.97 Å². The maximum absolute atomic E-state index is 11.9. The Bertz CT molecular complexity index is 611. The second kappa shape index (κ2) is 6.30. The van der Waals surface area contributed by atoms with Crippen LogP contribution in [0.5, 0.6) is 5.75 Å². The van der Waals surface area contributed by atoms with Gasteiger partial charge in [-0.3, -0.25) is 0 Å². The number of nitrogen functional groups attached to an aromatic ring is 1. The van der Waals surface area contributed by atoms with Crippen LogP contribution in [0.15, 0.2) is 42.5 Å². The molecular weight excluding hydrogens is 278 g/mol. The van der Waals surface area contributed by atoms with Crippen LogP contribution >= 0.6 is 11.6 Å². The van der Waals surface area contributed by atoms with Gasteiger partial charge in [0.2, 0.25) is 0 Å². The van der Waals surface area contributed by atoms with Crippen molar-refractivity contribution in [3.05, 3.63) is 58.6 Å². The molecule has 0 saturated carbocycles. The monoisotopic (exact) mass is 291 g/mol. The number of hydrogen-bond acceptors (Lipinski definition) is 4. The number of ether oxygens (including phenoxy) is 2. The number of hydrogen-bond donors (Lipinski definition) is 1. The summed E-state index contributed by atoms with van der Waals surface area (Å²) in [7, 11) is 1.59. The molecule has 0 spiro atoms. The quantitative estimate of drug-likeness (QED) is 0.693. The Balaban J connectivity index is 2.02. The smallest absolute Gasteiger partial charge is 0.340 e. The molecule has 20 heavy (non-hydrogen) atoms. The topological polar surface area (TPSA) is 61.5 Å². The first-order valence-corrected chi connectivity index (χ1v) is 6.33. The summed E-state index contributed by atoms with van der Waals surface area (Å²) < 4.78 is 10.3. The fourth-order valence-corrected chi connectivity index (χ4v) is 1.84. The van der Waals surface area contributed by atoms with E-state index in [4.69, 9.17) is 26.8 Å². The number of nitrogens with two attached hydrogens (primary N) is 1. The van der Waals surface area contributed by atoms with Gasteiger partial charge in [-0.1, -0.05) is 23.7 Å². The second-order valence-corrected chi connectivity index (χ2v) is 4.57. The highest BCUT2D eigenvalue weighted by Crippen LogP contribution is 2.20. The van der Waals surface area contributed by atoms with Gasteiger partial charge in [0.1, 0.15) is 12.4 Å². The lowest BCUT2D eigenvalue weighted by atomic mass is 10.2. The maximum Gasteiger partial charge on any atom is 0.340 e. The average Bonchev–Trinajstić information content (AvgIpc) is 2.47. The normalized spacial score (nSPS) is 10.1. The van der Waals surface area contributed by atoms with Crippen LogP contribution in [0.3, 0.4) is 0 Å². The third-order valence-electron chi connectivity index (χ3n) is 2.74. The fourth-order valence-electron chi connectivity index (χ4n) is 1.65. The highest BCUT2D eigenvalue weighted by atomic mass is 35.5. The van der Waals surface area contributed by atoms with Gasteiger partial charge in [0.25, 0.3) is 0 Å². The molecule has 0 aliphatic heterocycles. The Hall–Kier alpha value is -2.20. The summed E-state index contributed by atoms with van der Waals surface area (Å²) in [5.74, 6) is 0.247. The van der Waals surface area contributed by atoms with E-state index in [1.54, 1.807) is 31.4 Å².